The SMILES string of the molecule is Cc1c2ccccc2cc2ccccc12.Cc1ccc(-c2c3ccccc3c(-c3ccccc3)c3ccccc23)cc1.Cc1ccc(-c2c3ccccc3cc3ccccc23)cc1. The van der Waals surface area contributed by atoms with Gasteiger partial charge in [0.1, 0.15) is 0 Å². The van der Waals surface area contributed by atoms with Crippen LogP contribution in [0.3, 0.4) is 0 Å². The van der Waals surface area contributed by atoms with Gasteiger partial charge < -0.3 is 0 Å². The number of rotatable bonds is 3. The maximum absolute atomic E-state index is 2.28. The monoisotopic (exact) mass is 804 g/mol. The Morgan fingerprint density at radius 3 is 0.825 bits per heavy atom. The van der Waals surface area contributed by atoms with Crippen molar-refractivity contribution >= 4 is 64.6 Å². The van der Waals surface area contributed by atoms with E-state index in [0.29, 0.717) is 0 Å². The quantitative estimate of drug-likeness (QED) is 0.156. The topological polar surface area (TPSA) is 0 Å². The number of fused-ring (bicyclic) bond motifs is 6. The number of benzene rings is 12. The highest BCUT2D eigenvalue weighted by atomic mass is 14.2. The average Bonchev–Trinajstić information content (AvgIpc) is 3.34. The summed E-state index contributed by atoms with van der Waals surface area (Å²) in [7, 11) is 0. The molecule has 0 aliphatic heterocycles. The van der Waals surface area contributed by atoms with Crippen LogP contribution < -0.4 is 0 Å². The molecular formula is C63H48. The van der Waals surface area contributed by atoms with Crippen molar-refractivity contribution in [1.82, 2.24) is 0 Å². The molecule has 12 aromatic rings. The molecule has 12 aromatic carbocycles. The summed E-state index contributed by atoms with van der Waals surface area (Å²) >= 11 is 0. The minimum atomic E-state index is 1.26. The van der Waals surface area contributed by atoms with E-state index in [0.717, 1.165) is 0 Å². The van der Waals surface area contributed by atoms with Gasteiger partial charge in [0.15, 0.2) is 0 Å². The van der Waals surface area contributed by atoms with E-state index in [-0.39, 0.29) is 0 Å². The van der Waals surface area contributed by atoms with Gasteiger partial charge in [0.2, 0.25) is 0 Å². The number of hydrogen-bond donors (Lipinski definition) is 0. The predicted molar refractivity (Wildman–Crippen MR) is 275 cm³/mol. The summed E-state index contributed by atoms with van der Waals surface area (Å²) in [6.07, 6.45) is 0. The molecular weight excluding hydrogens is 757 g/mol. The lowest BCUT2D eigenvalue weighted by Gasteiger charge is -2.17. The first-order valence-corrected chi connectivity index (χ1v) is 21.9. The Balaban J connectivity index is 0.000000117. The van der Waals surface area contributed by atoms with Gasteiger partial charge in [-0.3, -0.25) is 0 Å². The van der Waals surface area contributed by atoms with E-state index >= 15 is 0 Å². The van der Waals surface area contributed by atoms with Crippen LogP contribution >= 0.6 is 0 Å². The maximum atomic E-state index is 2.28. The van der Waals surface area contributed by atoms with Crippen molar-refractivity contribution in [2.75, 3.05) is 0 Å². The molecule has 0 aliphatic rings. The highest BCUT2D eigenvalue weighted by molar-refractivity contribution is 6.21. The zero-order valence-corrected chi connectivity index (χ0v) is 36.0. The molecule has 12 rings (SSSR count). The molecule has 0 radical (unpaired) electrons. The van der Waals surface area contributed by atoms with Crippen molar-refractivity contribution in [3.05, 3.63) is 253 Å². The van der Waals surface area contributed by atoms with Gasteiger partial charge in [-0.1, -0.05) is 236 Å². The van der Waals surface area contributed by atoms with E-state index in [4.69, 9.17) is 0 Å². The van der Waals surface area contributed by atoms with Crippen LogP contribution in [-0.2, 0) is 0 Å². The fourth-order valence-corrected chi connectivity index (χ4v) is 9.36. The van der Waals surface area contributed by atoms with Crippen molar-refractivity contribution in [3.8, 4) is 33.4 Å². The third kappa shape index (κ3) is 7.73. The minimum absolute atomic E-state index is 1.26. The molecule has 0 heterocycles. The largest absolute Gasteiger partial charge is 0.0622 e. The molecule has 0 unspecified atom stereocenters. The molecule has 0 bridgehead atoms. The first-order chi connectivity index (χ1) is 31.0. The summed E-state index contributed by atoms with van der Waals surface area (Å²) in [5, 5.41) is 15.8. The fourth-order valence-electron chi connectivity index (χ4n) is 9.36. The molecule has 0 heteroatoms. The van der Waals surface area contributed by atoms with Gasteiger partial charge in [-0.25, -0.2) is 0 Å². The summed E-state index contributed by atoms with van der Waals surface area (Å²) in [4.78, 5) is 0. The van der Waals surface area contributed by atoms with E-state index in [1.165, 1.54) is 115 Å². The third-order valence-electron chi connectivity index (χ3n) is 12.5. The van der Waals surface area contributed by atoms with Crippen LogP contribution in [0.5, 0.6) is 0 Å². The summed E-state index contributed by atoms with van der Waals surface area (Å²) in [5.74, 6) is 0. The van der Waals surface area contributed by atoms with Crippen molar-refractivity contribution in [2.24, 2.45) is 0 Å². The molecule has 0 N–H and O–H groups in total. The summed E-state index contributed by atoms with van der Waals surface area (Å²) in [6, 6.07) is 85.0. The van der Waals surface area contributed by atoms with Crippen LogP contribution in [0.2, 0.25) is 0 Å². The van der Waals surface area contributed by atoms with Crippen molar-refractivity contribution in [1.29, 1.82) is 0 Å². The minimum Gasteiger partial charge on any atom is -0.0622 e. The molecule has 300 valence electrons. The molecule has 0 saturated heterocycles. The van der Waals surface area contributed by atoms with Gasteiger partial charge in [-0.15, -0.1) is 0 Å². The second kappa shape index (κ2) is 17.3. The van der Waals surface area contributed by atoms with E-state index in [1.807, 2.05) is 0 Å². The second-order valence-corrected chi connectivity index (χ2v) is 16.6. The average molecular weight is 805 g/mol. The van der Waals surface area contributed by atoms with Gasteiger partial charge in [0, 0.05) is 0 Å². The fraction of sp³-hybridized carbons (Fsp3) is 0.0476. The van der Waals surface area contributed by atoms with Crippen LogP contribution in [-0.4, -0.2) is 0 Å². The van der Waals surface area contributed by atoms with E-state index in [9.17, 15) is 0 Å². The van der Waals surface area contributed by atoms with E-state index in [1.54, 1.807) is 0 Å². The highest BCUT2D eigenvalue weighted by Gasteiger charge is 2.16. The molecule has 0 aromatic heterocycles. The van der Waals surface area contributed by atoms with Gasteiger partial charge in [0.25, 0.3) is 0 Å². The normalized spacial score (nSPS) is 11.1. The maximum Gasteiger partial charge on any atom is -0.00264 e. The Bertz CT molecular complexity index is 3390. The van der Waals surface area contributed by atoms with Gasteiger partial charge in [0.05, 0.1) is 0 Å². The zero-order valence-electron chi connectivity index (χ0n) is 36.0. The highest BCUT2D eigenvalue weighted by Crippen LogP contribution is 2.43. The molecule has 0 aliphatic carbocycles. The summed E-state index contributed by atoms with van der Waals surface area (Å²) in [5.41, 5.74) is 11.8. The molecule has 0 spiro atoms. The van der Waals surface area contributed by atoms with Crippen molar-refractivity contribution in [2.45, 2.75) is 20.8 Å². The Morgan fingerprint density at radius 1 is 0.206 bits per heavy atom. The van der Waals surface area contributed by atoms with Crippen LogP contribution in [0.4, 0.5) is 0 Å². The van der Waals surface area contributed by atoms with Gasteiger partial charge >= 0.3 is 0 Å². The first kappa shape index (κ1) is 39.3. The molecule has 0 fully saturated rings. The van der Waals surface area contributed by atoms with Gasteiger partial charge in [-0.05, 0) is 136 Å². The molecule has 0 nitrogen and oxygen atoms in total. The van der Waals surface area contributed by atoms with Crippen LogP contribution in [0.15, 0.2) is 237 Å². The Kier molecular flexibility index (Phi) is 10.8. The standard InChI is InChI=1S/C27H20.C21H16.C15H12/c1-19-15-17-21(18-16-19)27-24-13-7-5-11-22(24)26(20-9-3-2-4-10-20)23-12-6-8-14-25(23)27;1-15-10-12-16(13-11-15)21-19-8-4-2-6-17(19)14-18-7-3-5-9-20(18)21;1-11-14-8-4-2-6-12(14)10-13-7-3-5-9-15(11)13/h2-18H,1H3;2-14H,1H3;2-10H,1H3. The molecule has 0 atom stereocenters. The Labute approximate surface area is 370 Å². The zero-order chi connectivity index (χ0) is 42.7. The smallest absolute Gasteiger partial charge is 0.00264 e. The lowest BCUT2D eigenvalue weighted by Crippen LogP contribution is -1.90. The Morgan fingerprint density at radius 2 is 0.460 bits per heavy atom. The van der Waals surface area contributed by atoms with Crippen molar-refractivity contribution in [3.63, 3.8) is 0 Å². The predicted octanol–water partition coefficient (Wildman–Crippen LogP) is 17.9. The summed E-state index contributed by atoms with van der Waals surface area (Å²) < 4.78 is 0. The second-order valence-electron chi connectivity index (χ2n) is 16.6. The van der Waals surface area contributed by atoms with E-state index < -0.39 is 0 Å². The summed E-state index contributed by atoms with van der Waals surface area (Å²) in [6.45, 7) is 6.47. The van der Waals surface area contributed by atoms with Crippen molar-refractivity contribution < 1.29 is 0 Å². The van der Waals surface area contributed by atoms with Gasteiger partial charge in [-0.2, -0.15) is 0 Å². The van der Waals surface area contributed by atoms with Crippen LogP contribution in [0.25, 0.3) is 98.0 Å². The number of hydrogen-bond acceptors (Lipinski definition) is 0. The third-order valence-corrected chi connectivity index (χ3v) is 12.5. The van der Waals surface area contributed by atoms with Crippen LogP contribution in [0.1, 0.15) is 16.7 Å². The lowest BCUT2D eigenvalue weighted by molar-refractivity contribution is 1.47. The molecule has 63 heavy (non-hydrogen) atoms. The molecule has 0 saturated carbocycles. The number of aryl methyl sites for hydroxylation is 3. The first-order valence-electron chi connectivity index (χ1n) is 21.9. The van der Waals surface area contributed by atoms with Crippen LogP contribution in [0, 0.1) is 20.8 Å². The Hall–Kier alpha value is -7.80. The molecule has 0 amide bonds. The lowest BCUT2D eigenvalue weighted by atomic mass is 9.86. The van der Waals surface area contributed by atoms with E-state index in [2.05, 4.69) is 257 Å².